The number of halogens is 4. The van der Waals surface area contributed by atoms with Crippen LogP contribution in [0.5, 0.6) is 0 Å². The second-order valence-electron chi connectivity index (χ2n) is 5.40. The third kappa shape index (κ3) is 3.62. The molecule has 2 aromatic carbocycles. The molecular weight excluding hydrogens is 403 g/mol. The maximum absolute atomic E-state index is 13.4. The third-order valence-corrected chi connectivity index (χ3v) is 4.68. The van der Waals surface area contributed by atoms with Gasteiger partial charge in [-0.1, -0.05) is 35.5 Å². The lowest BCUT2D eigenvalue weighted by molar-refractivity contribution is -0.137. The van der Waals surface area contributed by atoms with Crippen LogP contribution in [-0.4, -0.2) is 25.2 Å². The summed E-state index contributed by atoms with van der Waals surface area (Å²) < 4.78 is 46.7. The van der Waals surface area contributed by atoms with Crippen LogP contribution >= 0.6 is 23.4 Å². The van der Waals surface area contributed by atoms with E-state index < -0.39 is 11.7 Å². The van der Waals surface area contributed by atoms with Gasteiger partial charge in [-0.2, -0.15) is 17.9 Å². The number of thioether (sulfide) groups is 1. The fourth-order valence-corrected chi connectivity index (χ4v) is 3.36. The van der Waals surface area contributed by atoms with Gasteiger partial charge in [-0.3, -0.25) is 0 Å². The van der Waals surface area contributed by atoms with Gasteiger partial charge in [0.15, 0.2) is 11.4 Å². The second kappa shape index (κ2) is 6.86. The number of fused-ring (bicyclic) bond motifs is 1. The summed E-state index contributed by atoms with van der Waals surface area (Å²) in [6.07, 6.45) is -4.60. The molecule has 2 aromatic heterocycles. The number of rotatable bonds is 4. The molecule has 0 radical (unpaired) electrons. The van der Waals surface area contributed by atoms with Crippen molar-refractivity contribution in [1.29, 1.82) is 0 Å². The monoisotopic (exact) mass is 411 g/mol. The Hall–Kier alpha value is -2.59. The quantitative estimate of drug-likeness (QED) is 0.451. The van der Waals surface area contributed by atoms with Crippen LogP contribution in [0.3, 0.4) is 0 Å². The van der Waals surface area contributed by atoms with Gasteiger partial charge in [0.05, 0.1) is 17.0 Å². The number of oxazole rings is 1. The Morgan fingerprint density at radius 2 is 1.96 bits per heavy atom. The Balaban J connectivity index is 1.64. The van der Waals surface area contributed by atoms with Gasteiger partial charge < -0.3 is 4.42 Å². The number of nitrogens with zero attached hydrogens (tertiary/aromatic N) is 5. The second-order valence-corrected chi connectivity index (χ2v) is 6.77. The molecule has 0 aliphatic carbocycles. The molecule has 0 unspecified atom stereocenters. The molecule has 138 valence electrons. The zero-order valence-electron chi connectivity index (χ0n) is 13.3. The van der Waals surface area contributed by atoms with Gasteiger partial charge >= 0.3 is 6.18 Å². The van der Waals surface area contributed by atoms with Gasteiger partial charge in [0.2, 0.25) is 0 Å². The Kier molecular flexibility index (Phi) is 4.52. The average Bonchev–Trinajstić information content (AvgIpc) is 3.25. The van der Waals surface area contributed by atoms with Gasteiger partial charge in [-0.05, 0) is 40.8 Å². The van der Waals surface area contributed by atoms with Gasteiger partial charge in [-0.25, -0.2) is 4.98 Å². The Morgan fingerprint density at radius 3 is 2.74 bits per heavy atom. The molecule has 0 fully saturated rings. The van der Waals surface area contributed by atoms with Crippen LogP contribution in [0.1, 0.15) is 11.4 Å². The van der Waals surface area contributed by atoms with E-state index in [0.717, 1.165) is 10.7 Å². The predicted octanol–water partition coefficient (Wildman–Crippen LogP) is 4.77. The molecule has 0 saturated carbocycles. The maximum atomic E-state index is 13.4. The minimum Gasteiger partial charge on any atom is -0.431 e. The van der Waals surface area contributed by atoms with Crippen molar-refractivity contribution < 1.29 is 17.6 Å². The van der Waals surface area contributed by atoms with Gasteiger partial charge in [-0.15, -0.1) is 5.10 Å². The van der Waals surface area contributed by atoms with Gasteiger partial charge in [0, 0.05) is 5.02 Å². The van der Waals surface area contributed by atoms with Gasteiger partial charge in [0.1, 0.15) is 5.52 Å². The van der Waals surface area contributed by atoms with Crippen LogP contribution in [0, 0.1) is 0 Å². The van der Waals surface area contributed by atoms with Crippen molar-refractivity contribution in [2.45, 2.75) is 17.2 Å². The summed E-state index contributed by atoms with van der Waals surface area (Å²) in [5.41, 5.74) is 0.189. The van der Waals surface area contributed by atoms with Crippen molar-refractivity contribution in [3.63, 3.8) is 0 Å². The normalized spacial score (nSPS) is 12.0. The number of hydrogen-bond acceptors (Lipinski definition) is 6. The molecule has 4 aromatic rings. The Bertz CT molecular complexity index is 1080. The number of hydrogen-bond donors (Lipinski definition) is 0. The first-order valence-corrected chi connectivity index (χ1v) is 8.91. The fraction of sp³-hybridized carbons (Fsp3) is 0.125. The van der Waals surface area contributed by atoms with Gasteiger partial charge in [0.25, 0.3) is 5.22 Å². The molecule has 0 N–H and O–H groups in total. The number of para-hydroxylation sites is 2. The zero-order valence-corrected chi connectivity index (χ0v) is 14.9. The van der Waals surface area contributed by atoms with E-state index in [-0.39, 0.29) is 22.3 Å². The largest absolute Gasteiger partial charge is 0.431 e. The molecule has 4 rings (SSSR count). The van der Waals surface area contributed by atoms with E-state index in [4.69, 9.17) is 16.0 Å². The van der Waals surface area contributed by atoms with E-state index in [1.54, 1.807) is 12.1 Å². The fourth-order valence-electron chi connectivity index (χ4n) is 2.44. The molecule has 0 spiro atoms. The maximum Gasteiger partial charge on any atom is 0.418 e. The smallest absolute Gasteiger partial charge is 0.418 e. The molecule has 0 bridgehead atoms. The van der Waals surface area contributed by atoms with Crippen molar-refractivity contribution >= 4 is 34.5 Å². The lowest BCUT2D eigenvalue weighted by atomic mass is 10.1. The average molecular weight is 412 g/mol. The van der Waals surface area contributed by atoms with Crippen molar-refractivity contribution in [2.24, 2.45) is 0 Å². The van der Waals surface area contributed by atoms with Crippen LogP contribution in [-0.2, 0) is 11.9 Å². The minimum absolute atomic E-state index is 0.0263. The number of tetrazole rings is 1. The first-order chi connectivity index (χ1) is 12.9. The van der Waals surface area contributed by atoms with Crippen LogP contribution in [0.2, 0.25) is 5.02 Å². The number of benzene rings is 2. The van der Waals surface area contributed by atoms with Crippen molar-refractivity contribution in [2.75, 3.05) is 0 Å². The first-order valence-electron chi connectivity index (χ1n) is 7.54. The molecule has 27 heavy (non-hydrogen) atoms. The lowest BCUT2D eigenvalue weighted by Crippen LogP contribution is -2.13. The summed E-state index contributed by atoms with van der Waals surface area (Å²) in [7, 11) is 0. The minimum atomic E-state index is -4.60. The topological polar surface area (TPSA) is 69.6 Å². The molecule has 0 aliphatic heterocycles. The number of aromatic nitrogens is 5. The van der Waals surface area contributed by atoms with Crippen LogP contribution in [0.15, 0.2) is 52.1 Å². The summed E-state index contributed by atoms with van der Waals surface area (Å²) in [6, 6.07) is 10.7. The highest BCUT2D eigenvalue weighted by Crippen LogP contribution is 2.36. The lowest BCUT2D eigenvalue weighted by Gasteiger charge is -2.13. The molecule has 0 atom stereocenters. The Morgan fingerprint density at radius 1 is 1.15 bits per heavy atom. The molecule has 0 aliphatic rings. The van der Waals surface area contributed by atoms with Crippen LogP contribution in [0.25, 0.3) is 16.8 Å². The van der Waals surface area contributed by atoms with Crippen molar-refractivity contribution in [3.05, 3.63) is 58.9 Å². The van der Waals surface area contributed by atoms with Crippen molar-refractivity contribution in [3.8, 4) is 5.69 Å². The standard InChI is InChI=1S/C16H9ClF3N5OS/c17-9-5-6-12(10(7-9)16(18,19)20)25-14(22-23-24-25)8-27-15-21-11-3-1-2-4-13(11)26-15/h1-7H,8H2. The molecule has 0 saturated heterocycles. The molecule has 6 nitrogen and oxygen atoms in total. The van der Waals surface area contributed by atoms with Crippen LogP contribution in [0.4, 0.5) is 13.2 Å². The van der Waals surface area contributed by atoms with E-state index in [0.29, 0.717) is 16.3 Å². The highest BCUT2D eigenvalue weighted by Gasteiger charge is 2.35. The molecule has 2 heterocycles. The van der Waals surface area contributed by atoms with E-state index >= 15 is 0 Å². The number of alkyl halides is 3. The summed E-state index contributed by atoms with van der Waals surface area (Å²) >= 11 is 6.90. The molecule has 11 heteroatoms. The SMILES string of the molecule is FC(F)(F)c1cc(Cl)ccc1-n1nnnc1CSc1nc2ccccc2o1. The summed E-state index contributed by atoms with van der Waals surface area (Å²) in [5.74, 6) is 0.384. The van der Waals surface area contributed by atoms with Crippen molar-refractivity contribution in [1.82, 2.24) is 25.2 Å². The third-order valence-electron chi connectivity index (χ3n) is 3.63. The Labute approximate surface area is 159 Å². The summed E-state index contributed by atoms with van der Waals surface area (Å²) in [5, 5.41) is 11.4. The summed E-state index contributed by atoms with van der Waals surface area (Å²) in [4.78, 5) is 4.30. The van der Waals surface area contributed by atoms with Crippen LogP contribution < -0.4 is 0 Å². The molecular formula is C16H9ClF3N5OS. The molecule has 0 amide bonds. The first kappa shape index (κ1) is 17.8. The predicted molar refractivity (Wildman–Crippen MR) is 92.7 cm³/mol. The highest BCUT2D eigenvalue weighted by atomic mass is 35.5. The zero-order chi connectivity index (χ0) is 19.0. The highest BCUT2D eigenvalue weighted by molar-refractivity contribution is 7.98. The summed E-state index contributed by atoms with van der Waals surface area (Å²) in [6.45, 7) is 0. The van der Waals surface area contributed by atoms with E-state index in [2.05, 4.69) is 20.5 Å². The van der Waals surface area contributed by atoms with E-state index in [1.807, 2.05) is 12.1 Å². The van der Waals surface area contributed by atoms with E-state index in [9.17, 15) is 13.2 Å². The van der Waals surface area contributed by atoms with E-state index in [1.165, 1.54) is 23.9 Å².